The Balaban J connectivity index is 0.000000451. The molecule has 1 aliphatic rings. The first-order chi connectivity index (χ1) is 14.9. The molecule has 0 aliphatic heterocycles. The van der Waals surface area contributed by atoms with Crippen molar-refractivity contribution in [2.24, 2.45) is 11.7 Å². The highest BCUT2D eigenvalue weighted by Gasteiger charge is 2.38. The first kappa shape index (κ1) is 25.3. The van der Waals surface area contributed by atoms with Gasteiger partial charge in [-0.2, -0.15) is 13.2 Å². The molecule has 0 spiro atoms. The molecular formula is C23H24F5NO3. The molecule has 1 saturated carbocycles. The van der Waals surface area contributed by atoms with E-state index in [1.165, 1.54) is 5.56 Å². The monoisotopic (exact) mass is 457 g/mol. The lowest BCUT2D eigenvalue weighted by molar-refractivity contribution is -0.192. The van der Waals surface area contributed by atoms with Crippen molar-refractivity contribution in [2.45, 2.75) is 50.6 Å². The number of carbonyl (C=O) groups is 2. The summed E-state index contributed by atoms with van der Waals surface area (Å²) in [6, 6.07) is 15.5. The van der Waals surface area contributed by atoms with Crippen LogP contribution in [0, 0.1) is 5.92 Å². The molecule has 0 aromatic heterocycles. The van der Waals surface area contributed by atoms with Gasteiger partial charge < -0.3 is 10.8 Å². The lowest BCUT2D eigenvalue weighted by Gasteiger charge is -2.28. The predicted molar refractivity (Wildman–Crippen MR) is 109 cm³/mol. The van der Waals surface area contributed by atoms with Crippen LogP contribution < -0.4 is 5.73 Å². The summed E-state index contributed by atoms with van der Waals surface area (Å²) in [6.45, 7) is 0. The van der Waals surface area contributed by atoms with Crippen molar-refractivity contribution in [3.63, 3.8) is 0 Å². The number of nitrogens with two attached hydrogens (primary N) is 1. The maximum atomic E-state index is 13.2. The molecule has 1 fully saturated rings. The number of alkyl halides is 5. The lowest BCUT2D eigenvalue weighted by Crippen LogP contribution is -2.24. The second-order valence-electron chi connectivity index (χ2n) is 7.78. The molecule has 9 heteroatoms. The van der Waals surface area contributed by atoms with Crippen LogP contribution in [0.2, 0.25) is 0 Å². The van der Waals surface area contributed by atoms with Crippen LogP contribution in [-0.4, -0.2) is 29.1 Å². The average Bonchev–Trinajstić information content (AvgIpc) is 2.73. The summed E-state index contributed by atoms with van der Waals surface area (Å²) in [5.41, 5.74) is 9.02. The number of carbonyl (C=O) groups excluding carboxylic acids is 1. The standard InChI is InChI=1S/C21H23F2NO.C2HF3O2/c22-21(23)12-10-16(11-13-21)5-4-15-6-8-17(9-7-15)18-2-1-3-19(14-18)20(24)25;3-2(4,5)1(6)7/h1-3,6-9,14,16H,4-5,10-13H2,(H2,24,25);(H,6,7). The zero-order valence-corrected chi connectivity index (χ0v) is 17.2. The molecule has 0 bridgehead atoms. The third-order valence-electron chi connectivity index (χ3n) is 5.35. The molecule has 3 rings (SSSR count). The molecule has 0 unspecified atom stereocenters. The van der Waals surface area contributed by atoms with E-state index in [0.717, 1.165) is 24.0 Å². The largest absolute Gasteiger partial charge is 0.490 e. The van der Waals surface area contributed by atoms with Gasteiger partial charge in [0.2, 0.25) is 11.8 Å². The number of carboxylic acid groups (broad SMARTS) is 1. The maximum Gasteiger partial charge on any atom is 0.490 e. The molecule has 0 atom stereocenters. The number of primary amides is 1. The van der Waals surface area contributed by atoms with Crippen LogP contribution in [0.3, 0.4) is 0 Å². The highest BCUT2D eigenvalue weighted by atomic mass is 19.4. The minimum absolute atomic E-state index is 0.0345. The van der Waals surface area contributed by atoms with E-state index < -0.39 is 24.0 Å². The van der Waals surface area contributed by atoms with Crippen molar-refractivity contribution in [3.05, 3.63) is 59.7 Å². The van der Waals surface area contributed by atoms with Gasteiger partial charge in [-0.25, -0.2) is 13.6 Å². The Morgan fingerprint density at radius 2 is 1.56 bits per heavy atom. The minimum Gasteiger partial charge on any atom is -0.475 e. The number of carboxylic acids is 1. The lowest BCUT2D eigenvalue weighted by atomic mass is 9.83. The van der Waals surface area contributed by atoms with Crippen LogP contribution in [0.5, 0.6) is 0 Å². The van der Waals surface area contributed by atoms with E-state index in [9.17, 15) is 26.7 Å². The normalized spacial score (nSPS) is 16.0. The fourth-order valence-corrected chi connectivity index (χ4v) is 3.48. The van der Waals surface area contributed by atoms with Gasteiger partial charge in [0.05, 0.1) is 0 Å². The van der Waals surface area contributed by atoms with E-state index in [2.05, 4.69) is 12.1 Å². The van der Waals surface area contributed by atoms with Crippen molar-refractivity contribution in [2.75, 3.05) is 0 Å². The van der Waals surface area contributed by atoms with Crippen molar-refractivity contribution in [3.8, 4) is 11.1 Å². The van der Waals surface area contributed by atoms with Gasteiger partial charge in [0, 0.05) is 18.4 Å². The zero-order chi connectivity index (χ0) is 23.9. The highest BCUT2D eigenvalue weighted by Crippen LogP contribution is 2.37. The number of hydrogen-bond acceptors (Lipinski definition) is 2. The van der Waals surface area contributed by atoms with E-state index >= 15 is 0 Å². The van der Waals surface area contributed by atoms with Crippen LogP contribution in [-0.2, 0) is 11.2 Å². The fraction of sp³-hybridized carbons (Fsp3) is 0.391. The van der Waals surface area contributed by atoms with Crippen LogP contribution in [0.4, 0.5) is 22.0 Å². The molecule has 2 aromatic carbocycles. The zero-order valence-electron chi connectivity index (χ0n) is 17.2. The smallest absolute Gasteiger partial charge is 0.475 e. The van der Waals surface area contributed by atoms with Gasteiger partial charge in [0.1, 0.15) is 0 Å². The van der Waals surface area contributed by atoms with Gasteiger partial charge in [-0.1, -0.05) is 36.4 Å². The topological polar surface area (TPSA) is 80.4 Å². The molecule has 2 aromatic rings. The summed E-state index contributed by atoms with van der Waals surface area (Å²) in [5, 5.41) is 7.12. The van der Waals surface area contributed by atoms with E-state index in [1.807, 2.05) is 24.3 Å². The molecule has 0 heterocycles. The molecule has 4 nitrogen and oxygen atoms in total. The summed E-state index contributed by atoms with van der Waals surface area (Å²) in [7, 11) is 0. The quantitative estimate of drug-likeness (QED) is 0.553. The Hall–Kier alpha value is -2.97. The van der Waals surface area contributed by atoms with Crippen LogP contribution >= 0.6 is 0 Å². The Morgan fingerprint density at radius 1 is 1.00 bits per heavy atom. The van der Waals surface area contributed by atoms with Gasteiger partial charge in [0.15, 0.2) is 0 Å². The molecule has 3 N–H and O–H groups in total. The number of aliphatic carboxylic acids is 1. The van der Waals surface area contributed by atoms with Gasteiger partial charge in [-0.3, -0.25) is 4.79 Å². The highest BCUT2D eigenvalue weighted by molar-refractivity contribution is 5.94. The second kappa shape index (κ2) is 10.6. The van der Waals surface area contributed by atoms with Crippen molar-refractivity contribution < 1.29 is 36.6 Å². The molecule has 1 amide bonds. The number of amides is 1. The Morgan fingerprint density at radius 3 is 2.06 bits per heavy atom. The van der Waals surface area contributed by atoms with Crippen LogP contribution in [0.15, 0.2) is 48.5 Å². The summed E-state index contributed by atoms with van der Waals surface area (Å²) in [6.07, 6.45) is -1.87. The SMILES string of the molecule is NC(=O)c1cccc(-c2ccc(CCC3CCC(F)(F)CC3)cc2)c1.O=C(O)C(F)(F)F. The molecule has 174 valence electrons. The molecule has 32 heavy (non-hydrogen) atoms. The predicted octanol–water partition coefficient (Wildman–Crippen LogP) is 5.84. The molecule has 0 saturated heterocycles. The second-order valence-corrected chi connectivity index (χ2v) is 7.78. The van der Waals surface area contributed by atoms with E-state index in [4.69, 9.17) is 15.6 Å². The van der Waals surface area contributed by atoms with Gasteiger partial charge >= 0.3 is 12.1 Å². The number of benzene rings is 2. The summed E-state index contributed by atoms with van der Waals surface area (Å²) >= 11 is 0. The third kappa shape index (κ3) is 7.94. The van der Waals surface area contributed by atoms with E-state index in [1.54, 1.807) is 12.1 Å². The Kier molecular flexibility index (Phi) is 8.35. The van der Waals surface area contributed by atoms with E-state index in [0.29, 0.717) is 24.3 Å². The maximum absolute atomic E-state index is 13.2. The molecular weight excluding hydrogens is 433 g/mol. The summed E-state index contributed by atoms with van der Waals surface area (Å²) < 4.78 is 58.1. The van der Waals surface area contributed by atoms with Gasteiger partial charge in [-0.05, 0) is 60.4 Å². The first-order valence-corrected chi connectivity index (χ1v) is 10.0. The average molecular weight is 457 g/mol. The van der Waals surface area contributed by atoms with Crippen LogP contribution in [0.25, 0.3) is 11.1 Å². The Bertz CT molecular complexity index is 916. The number of rotatable bonds is 5. The molecule has 0 radical (unpaired) electrons. The number of halogens is 5. The van der Waals surface area contributed by atoms with Crippen molar-refractivity contribution in [1.29, 1.82) is 0 Å². The summed E-state index contributed by atoms with van der Waals surface area (Å²) in [4.78, 5) is 20.2. The first-order valence-electron chi connectivity index (χ1n) is 10.0. The fourth-order valence-electron chi connectivity index (χ4n) is 3.48. The van der Waals surface area contributed by atoms with Crippen molar-refractivity contribution >= 4 is 11.9 Å². The van der Waals surface area contributed by atoms with Crippen molar-refractivity contribution in [1.82, 2.24) is 0 Å². The van der Waals surface area contributed by atoms with Crippen LogP contribution in [0.1, 0.15) is 48.0 Å². The number of hydrogen-bond donors (Lipinski definition) is 2. The molecule has 1 aliphatic carbocycles. The third-order valence-corrected chi connectivity index (χ3v) is 5.35. The van der Waals surface area contributed by atoms with Gasteiger partial charge in [-0.15, -0.1) is 0 Å². The Labute approximate surface area is 182 Å². The number of aryl methyl sites for hydroxylation is 1. The van der Waals surface area contributed by atoms with Gasteiger partial charge in [0.25, 0.3) is 0 Å². The summed E-state index contributed by atoms with van der Waals surface area (Å²) in [5.74, 6) is -5.23. The van der Waals surface area contributed by atoms with E-state index in [-0.39, 0.29) is 12.8 Å². The minimum atomic E-state index is -5.08.